The van der Waals surface area contributed by atoms with E-state index < -0.39 is 5.97 Å². The normalized spacial score (nSPS) is 22.8. The van der Waals surface area contributed by atoms with Gasteiger partial charge in [0.2, 0.25) is 0 Å². The predicted octanol–water partition coefficient (Wildman–Crippen LogP) is 1.52. The van der Waals surface area contributed by atoms with E-state index in [1.807, 2.05) is 0 Å². The van der Waals surface area contributed by atoms with Crippen LogP contribution < -0.4 is 0 Å². The molecule has 0 bridgehead atoms. The molecule has 12 heavy (non-hydrogen) atoms. The van der Waals surface area contributed by atoms with Crippen molar-refractivity contribution in [2.24, 2.45) is 11.3 Å². The molecule has 70 valence electrons. The zero-order chi connectivity index (χ0) is 9.19. The molecule has 0 aromatic carbocycles. The molecule has 0 spiro atoms. The van der Waals surface area contributed by atoms with Crippen LogP contribution in [0.5, 0.6) is 0 Å². The molecule has 0 aromatic rings. The Labute approximate surface area is 72.7 Å². The first-order valence-corrected chi connectivity index (χ1v) is 4.34. The zero-order valence-electron chi connectivity index (χ0n) is 7.67. The van der Waals surface area contributed by atoms with Crippen molar-refractivity contribution in [2.45, 2.75) is 26.7 Å². The van der Waals surface area contributed by atoms with Crippen LogP contribution in [0.15, 0.2) is 0 Å². The van der Waals surface area contributed by atoms with Gasteiger partial charge in [-0.15, -0.1) is 0 Å². The Balaban J connectivity index is 2.20. The van der Waals surface area contributed by atoms with Gasteiger partial charge in [0.1, 0.15) is 0 Å². The topological polar surface area (TPSA) is 46.5 Å². The molecule has 1 unspecified atom stereocenters. The maximum atomic E-state index is 10.5. The smallest absolute Gasteiger partial charge is 0.306 e. The number of hydrogen-bond acceptors (Lipinski definition) is 2. The van der Waals surface area contributed by atoms with Crippen LogP contribution in [0.3, 0.4) is 0 Å². The number of hydrogen-bond donors (Lipinski definition) is 1. The summed E-state index contributed by atoms with van der Waals surface area (Å²) in [6.45, 7) is 5.48. The summed E-state index contributed by atoms with van der Waals surface area (Å²) in [6, 6.07) is 0. The fourth-order valence-corrected chi connectivity index (χ4v) is 1.28. The van der Waals surface area contributed by atoms with Gasteiger partial charge < -0.3 is 9.84 Å². The second kappa shape index (κ2) is 3.44. The molecule has 1 N–H and O–H groups in total. The maximum absolute atomic E-state index is 10.5. The van der Waals surface area contributed by atoms with Crippen LogP contribution in [-0.2, 0) is 9.53 Å². The Morgan fingerprint density at radius 2 is 2.25 bits per heavy atom. The fraction of sp³-hybridized carbons (Fsp3) is 0.889. The van der Waals surface area contributed by atoms with Crippen LogP contribution in [-0.4, -0.2) is 24.3 Å². The molecule has 0 aromatic heterocycles. The molecule has 0 radical (unpaired) electrons. The third-order valence-corrected chi connectivity index (χ3v) is 2.50. The summed E-state index contributed by atoms with van der Waals surface area (Å²) < 4.78 is 5.08. The van der Waals surface area contributed by atoms with Crippen LogP contribution in [0.2, 0.25) is 0 Å². The molecule has 1 aliphatic heterocycles. The van der Waals surface area contributed by atoms with E-state index in [0.29, 0.717) is 0 Å². The number of aliphatic carboxylic acids is 1. The van der Waals surface area contributed by atoms with Crippen molar-refractivity contribution in [3.8, 4) is 0 Å². The second-order valence-electron chi connectivity index (χ2n) is 4.08. The Bertz CT molecular complexity index is 173. The van der Waals surface area contributed by atoms with Gasteiger partial charge in [0.25, 0.3) is 0 Å². The van der Waals surface area contributed by atoms with E-state index in [0.717, 1.165) is 26.1 Å². The number of carboxylic acid groups (broad SMARTS) is 1. The summed E-state index contributed by atoms with van der Waals surface area (Å²) in [5, 5.41) is 8.64. The molecule has 3 nitrogen and oxygen atoms in total. The molecule has 1 atom stereocenters. The van der Waals surface area contributed by atoms with Crippen molar-refractivity contribution in [2.75, 3.05) is 13.2 Å². The van der Waals surface area contributed by atoms with E-state index in [-0.39, 0.29) is 11.3 Å². The number of carboxylic acids is 1. The van der Waals surface area contributed by atoms with Gasteiger partial charge in [-0.1, -0.05) is 13.8 Å². The van der Waals surface area contributed by atoms with Crippen molar-refractivity contribution >= 4 is 5.97 Å². The van der Waals surface area contributed by atoms with Gasteiger partial charge >= 0.3 is 5.97 Å². The molecule has 1 aliphatic rings. The van der Waals surface area contributed by atoms with Crippen molar-refractivity contribution in [1.82, 2.24) is 0 Å². The van der Waals surface area contributed by atoms with Crippen molar-refractivity contribution in [1.29, 1.82) is 0 Å². The van der Waals surface area contributed by atoms with Crippen LogP contribution in [0.25, 0.3) is 0 Å². The monoisotopic (exact) mass is 172 g/mol. The lowest BCUT2D eigenvalue weighted by atomic mass is 9.81. The van der Waals surface area contributed by atoms with Gasteiger partial charge in [-0.25, -0.2) is 0 Å². The number of rotatable bonds is 4. The molecule has 1 heterocycles. The molecule has 3 heteroatoms. The molecule has 1 saturated heterocycles. The highest BCUT2D eigenvalue weighted by atomic mass is 16.5. The summed E-state index contributed by atoms with van der Waals surface area (Å²) in [7, 11) is 0. The number of carbonyl (C=O) groups is 1. The first kappa shape index (κ1) is 9.52. The van der Waals surface area contributed by atoms with Gasteiger partial charge in [0.15, 0.2) is 0 Å². The fourth-order valence-electron chi connectivity index (χ4n) is 1.28. The summed E-state index contributed by atoms with van der Waals surface area (Å²) in [5.41, 5.74) is 0.254. The van der Waals surface area contributed by atoms with Crippen LogP contribution in [0, 0.1) is 11.3 Å². The molecular weight excluding hydrogens is 156 g/mol. The predicted molar refractivity (Wildman–Crippen MR) is 45.0 cm³/mol. The highest BCUT2D eigenvalue weighted by Gasteiger charge is 2.33. The lowest BCUT2D eigenvalue weighted by molar-refractivity contribution is -0.143. The summed E-state index contributed by atoms with van der Waals surface area (Å²) in [5.74, 6) is -0.915. The maximum Gasteiger partial charge on any atom is 0.306 e. The molecule has 0 saturated carbocycles. The lowest BCUT2D eigenvalue weighted by Crippen LogP contribution is -2.40. The van der Waals surface area contributed by atoms with E-state index in [2.05, 4.69) is 6.92 Å². The van der Waals surface area contributed by atoms with Gasteiger partial charge in [-0.3, -0.25) is 4.79 Å². The summed E-state index contributed by atoms with van der Waals surface area (Å²) in [6.07, 6.45) is 1.72. The molecule has 1 rings (SSSR count). The third-order valence-electron chi connectivity index (χ3n) is 2.50. The van der Waals surface area contributed by atoms with Crippen molar-refractivity contribution in [3.63, 3.8) is 0 Å². The average molecular weight is 172 g/mol. The van der Waals surface area contributed by atoms with E-state index in [1.54, 1.807) is 6.92 Å². The minimum absolute atomic E-state index is 0.220. The highest BCUT2D eigenvalue weighted by molar-refractivity contribution is 5.69. The van der Waals surface area contributed by atoms with Crippen molar-refractivity contribution in [3.05, 3.63) is 0 Å². The van der Waals surface area contributed by atoms with Crippen LogP contribution >= 0.6 is 0 Å². The van der Waals surface area contributed by atoms with Crippen LogP contribution in [0.4, 0.5) is 0 Å². The van der Waals surface area contributed by atoms with E-state index in [9.17, 15) is 4.79 Å². The zero-order valence-corrected chi connectivity index (χ0v) is 7.67. The second-order valence-corrected chi connectivity index (χ2v) is 4.08. The quantitative estimate of drug-likeness (QED) is 0.699. The van der Waals surface area contributed by atoms with Gasteiger partial charge in [0.05, 0.1) is 19.1 Å². The SMILES string of the molecule is CC(CCC1(C)COC1)C(=O)O. The average Bonchev–Trinajstić information content (AvgIpc) is 1.96. The Hall–Kier alpha value is -0.570. The van der Waals surface area contributed by atoms with Gasteiger partial charge in [-0.05, 0) is 12.8 Å². The Morgan fingerprint density at radius 1 is 1.67 bits per heavy atom. The van der Waals surface area contributed by atoms with Crippen LogP contribution in [0.1, 0.15) is 26.7 Å². The summed E-state index contributed by atoms with van der Waals surface area (Å²) in [4.78, 5) is 10.5. The molecule has 0 amide bonds. The molecule has 0 aliphatic carbocycles. The Morgan fingerprint density at radius 3 is 2.58 bits per heavy atom. The first-order valence-electron chi connectivity index (χ1n) is 4.34. The lowest BCUT2D eigenvalue weighted by Gasteiger charge is -2.38. The van der Waals surface area contributed by atoms with Gasteiger partial charge in [0, 0.05) is 5.41 Å². The summed E-state index contributed by atoms with van der Waals surface area (Å²) >= 11 is 0. The minimum Gasteiger partial charge on any atom is -0.481 e. The van der Waals surface area contributed by atoms with Gasteiger partial charge in [-0.2, -0.15) is 0 Å². The van der Waals surface area contributed by atoms with E-state index in [4.69, 9.17) is 9.84 Å². The van der Waals surface area contributed by atoms with E-state index in [1.165, 1.54) is 0 Å². The standard InChI is InChI=1S/C9H16O3/c1-7(8(10)11)3-4-9(2)5-12-6-9/h7H,3-6H2,1-2H3,(H,10,11). The Kier molecular flexibility index (Phi) is 2.73. The number of ether oxygens (including phenoxy) is 1. The van der Waals surface area contributed by atoms with Crippen molar-refractivity contribution < 1.29 is 14.6 Å². The molecular formula is C9H16O3. The highest BCUT2D eigenvalue weighted by Crippen LogP contribution is 2.33. The third kappa shape index (κ3) is 2.21. The minimum atomic E-state index is -0.696. The van der Waals surface area contributed by atoms with E-state index >= 15 is 0 Å². The largest absolute Gasteiger partial charge is 0.481 e. The molecule has 1 fully saturated rings. The first-order chi connectivity index (χ1) is 5.53.